The number of benzene rings is 2. The van der Waals surface area contributed by atoms with Gasteiger partial charge < -0.3 is 5.32 Å². The molecule has 7 heteroatoms. The second kappa shape index (κ2) is 8.20. The van der Waals surface area contributed by atoms with Crippen LogP contribution < -0.4 is 5.32 Å². The maximum atomic E-state index is 5.03. The van der Waals surface area contributed by atoms with Gasteiger partial charge in [-0.1, -0.05) is 36.0 Å². The number of rotatable bonds is 4. The minimum absolute atomic E-state index is 0.968. The van der Waals surface area contributed by atoms with Crippen LogP contribution in [0.3, 0.4) is 0 Å². The molecule has 3 heterocycles. The highest BCUT2D eigenvalue weighted by Crippen LogP contribution is 2.47. The van der Waals surface area contributed by atoms with Gasteiger partial charge in [-0.3, -0.25) is 0 Å². The smallest absolute Gasteiger partial charge is 0.188 e. The van der Waals surface area contributed by atoms with Crippen molar-refractivity contribution in [1.29, 1.82) is 0 Å². The number of fused-ring (bicyclic) bond motifs is 3. The zero-order valence-electron chi connectivity index (χ0n) is 17.1. The van der Waals surface area contributed by atoms with Gasteiger partial charge in [0.2, 0.25) is 0 Å². The lowest BCUT2D eigenvalue weighted by Gasteiger charge is -2.05. The van der Waals surface area contributed by atoms with Crippen molar-refractivity contribution >= 4 is 76.3 Å². The van der Waals surface area contributed by atoms with Gasteiger partial charge in [-0.05, 0) is 61.8 Å². The van der Waals surface area contributed by atoms with Gasteiger partial charge in [0, 0.05) is 15.3 Å². The molecule has 156 valence electrons. The zero-order valence-corrected chi connectivity index (χ0v) is 20.4. The Morgan fingerprint density at radius 3 is 2.65 bits per heavy atom. The molecule has 0 spiro atoms. The molecule has 2 aromatic carbocycles. The molecule has 0 aliphatic heterocycles. The fourth-order valence-corrected chi connectivity index (χ4v) is 8.26. The number of thiophene rings is 1. The second-order valence-corrected chi connectivity index (χ2v) is 11.7. The lowest BCUT2D eigenvalue weighted by Crippen LogP contribution is -1.92. The van der Waals surface area contributed by atoms with Crippen LogP contribution in [-0.2, 0) is 12.8 Å². The standard InChI is InChI=1S/C24H21N3S4/c1-28-18-12-7-13-19-21(18)26-24(31-19)27-23-20(14-8-3-2-4-10-16(14)29-23)22-25-15-9-5-6-11-17(15)30-22/h5-7,9,11-13H,2-4,8,10H2,1H3,(H,26,27). The summed E-state index contributed by atoms with van der Waals surface area (Å²) >= 11 is 7.21. The molecule has 1 N–H and O–H groups in total. The highest BCUT2D eigenvalue weighted by atomic mass is 32.2. The third kappa shape index (κ3) is 3.57. The SMILES string of the molecule is CSc1cccc2sc(Nc3sc4c(c3-c3nc5ccccc5s3)CCCCC4)nc12. The summed E-state index contributed by atoms with van der Waals surface area (Å²) in [5.74, 6) is 0. The van der Waals surface area contributed by atoms with Gasteiger partial charge in [-0.2, -0.15) is 0 Å². The average molecular weight is 480 g/mol. The third-order valence-electron chi connectivity index (χ3n) is 5.75. The van der Waals surface area contributed by atoms with Crippen LogP contribution in [0.1, 0.15) is 29.7 Å². The van der Waals surface area contributed by atoms with Gasteiger partial charge in [0.05, 0.1) is 20.4 Å². The second-order valence-electron chi connectivity index (χ2n) is 7.71. The summed E-state index contributed by atoms with van der Waals surface area (Å²) in [5.41, 5.74) is 5.01. The number of nitrogens with zero attached hydrogens (tertiary/aromatic N) is 2. The number of aryl methyl sites for hydroxylation is 1. The van der Waals surface area contributed by atoms with Crippen molar-refractivity contribution < 1.29 is 0 Å². The Morgan fingerprint density at radius 2 is 1.74 bits per heavy atom. The first-order valence-electron chi connectivity index (χ1n) is 10.5. The number of thioether (sulfide) groups is 1. The lowest BCUT2D eigenvalue weighted by atomic mass is 10.1. The first-order valence-corrected chi connectivity index (χ1v) is 14.2. The Balaban J connectivity index is 1.48. The molecule has 0 bridgehead atoms. The van der Waals surface area contributed by atoms with Crippen LogP contribution in [0.15, 0.2) is 47.4 Å². The van der Waals surface area contributed by atoms with E-state index in [1.54, 1.807) is 34.4 Å². The monoisotopic (exact) mass is 479 g/mol. The van der Waals surface area contributed by atoms with Crippen LogP contribution in [-0.4, -0.2) is 16.2 Å². The lowest BCUT2D eigenvalue weighted by molar-refractivity contribution is 0.713. The molecule has 0 amide bonds. The van der Waals surface area contributed by atoms with Crippen LogP contribution >= 0.6 is 45.8 Å². The Bertz CT molecular complexity index is 1360. The zero-order chi connectivity index (χ0) is 20.8. The summed E-state index contributed by atoms with van der Waals surface area (Å²) in [5, 5.41) is 7.02. The number of nitrogens with one attached hydrogen (secondary N) is 1. The maximum Gasteiger partial charge on any atom is 0.188 e. The summed E-state index contributed by atoms with van der Waals surface area (Å²) in [6.45, 7) is 0. The number of anilines is 2. The number of thiazole rings is 2. The Kier molecular flexibility index (Phi) is 5.22. The summed E-state index contributed by atoms with van der Waals surface area (Å²) in [6.07, 6.45) is 8.30. The van der Waals surface area contributed by atoms with E-state index in [1.807, 2.05) is 11.3 Å². The van der Waals surface area contributed by atoms with Gasteiger partial charge in [0.1, 0.15) is 10.0 Å². The highest BCUT2D eigenvalue weighted by Gasteiger charge is 2.24. The Morgan fingerprint density at radius 1 is 0.871 bits per heavy atom. The van der Waals surface area contributed by atoms with E-state index in [4.69, 9.17) is 9.97 Å². The molecule has 1 aliphatic carbocycles. The van der Waals surface area contributed by atoms with Gasteiger partial charge in [0.15, 0.2) is 5.13 Å². The van der Waals surface area contributed by atoms with E-state index in [9.17, 15) is 0 Å². The fourth-order valence-electron chi connectivity index (χ4n) is 4.27. The number of hydrogen-bond donors (Lipinski definition) is 1. The van der Waals surface area contributed by atoms with E-state index in [0.29, 0.717) is 0 Å². The van der Waals surface area contributed by atoms with Gasteiger partial charge in [-0.15, -0.1) is 34.4 Å². The summed E-state index contributed by atoms with van der Waals surface area (Å²) in [7, 11) is 0. The molecule has 31 heavy (non-hydrogen) atoms. The fraction of sp³-hybridized carbons (Fsp3) is 0.250. The molecule has 6 rings (SSSR count). The topological polar surface area (TPSA) is 37.8 Å². The van der Waals surface area contributed by atoms with Crippen LogP contribution in [0.2, 0.25) is 0 Å². The molecule has 0 radical (unpaired) electrons. The molecular formula is C24H21N3S4. The number of aromatic nitrogens is 2. The first-order chi connectivity index (χ1) is 15.3. The van der Waals surface area contributed by atoms with E-state index in [2.05, 4.69) is 54.0 Å². The quantitative estimate of drug-likeness (QED) is 0.207. The van der Waals surface area contributed by atoms with Crippen molar-refractivity contribution in [3.63, 3.8) is 0 Å². The molecule has 0 fully saturated rings. The molecule has 1 aliphatic rings. The van der Waals surface area contributed by atoms with E-state index in [1.165, 1.54) is 61.0 Å². The van der Waals surface area contributed by atoms with Crippen molar-refractivity contribution in [3.8, 4) is 10.6 Å². The van der Waals surface area contributed by atoms with E-state index < -0.39 is 0 Å². The van der Waals surface area contributed by atoms with E-state index >= 15 is 0 Å². The summed E-state index contributed by atoms with van der Waals surface area (Å²) in [4.78, 5) is 12.7. The molecule has 3 aromatic heterocycles. The Labute approximate surface area is 197 Å². The molecule has 0 saturated heterocycles. The molecular weight excluding hydrogens is 459 g/mol. The van der Waals surface area contributed by atoms with Gasteiger partial charge in [0.25, 0.3) is 0 Å². The largest absolute Gasteiger partial charge is 0.323 e. The third-order valence-corrected chi connectivity index (χ3v) is 9.72. The predicted molar refractivity (Wildman–Crippen MR) is 139 cm³/mol. The molecule has 3 nitrogen and oxygen atoms in total. The van der Waals surface area contributed by atoms with E-state index in [-0.39, 0.29) is 0 Å². The Hall–Kier alpha value is -1.93. The minimum atomic E-state index is 0.968. The molecule has 0 unspecified atom stereocenters. The van der Waals surface area contributed by atoms with Gasteiger partial charge in [-0.25, -0.2) is 9.97 Å². The van der Waals surface area contributed by atoms with Crippen molar-refractivity contribution in [2.75, 3.05) is 11.6 Å². The number of hydrogen-bond acceptors (Lipinski definition) is 7. The van der Waals surface area contributed by atoms with Crippen molar-refractivity contribution in [1.82, 2.24) is 9.97 Å². The highest BCUT2D eigenvalue weighted by molar-refractivity contribution is 7.98. The molecule has 0 atom stereocenters. The number of para-hydroxylation sites is 2. The van der Waals surface area contributed by atoms with Crippen LogP contribution in [0.25, 0.3) is 31.0 Å². The summed E-state index contributed by atoms with van der Waals surface area (Å²) in [6, 6.07) is 14.9. The first kappa shape index (κ1) is 19.7. The maximum absolute atomic E-state index is 5.03. The normalized spacial score (nSPS) is 14.1. The van der Waals surface area contributed by atoms with Crippen LogP contribution in [0.5, 0.6) is 0 Å². The summed E-state index contributed by atoms with van der Waals surface area (Å²) < 4.78 is 2.48. The molecule has 5 aromatic rings. The van der Waals surface area contributed by atoms with Crippen LogP contribution in [0, 0.1) is 0 Å². The van der Waals surface area contributed by atoms with Crippen molar-refractivity contribution in [2.45, 2.75) is 37.0 Å². The van der Waals surface area contributed by atoms with Crippen LogP contribution in [0.4, 0.5) is 10.1 Å². The minimum Gasteiger partial charge on any atom is -0.323 e. The van der Waals surface area contributed by atoms with Crippen molar-refractivity contribution in [2.24, 2.45) is 0 Å². The molecule has 0 saturated carbocycles. The predicted octanol–water partition coefficient (Wildman–Crippen LogP) is 8.37. The van der Waals surface area contributed by atoms with E-state index in [0.717, 1.165) is 27.6 Å². The van der Waals surface area contributed by atoms with Crippen molar-refractivity contribution in [3.05, 3.63) is 52.9 Å². The average Bonchev–Trinajstić information content (AvgIpc) is 3.43. The van der Waals surface area contributed by atoms with Gasteiger partial charge >= 0.3 is 0 Å².